The predicted octanol–water partition coefficient (Wildman–Crippen LogP) is 3.16. The van der Waals surface area contributed by atoms with Gasteiger partial charge in [0.1, 0.15) is 0 Å². The van der Waals surface area contributed by atoms with Crippen LogP contribution in [0.3, 0.4) is 0 Å². The van der Waals surface area contributed by atoms with E-state index in [-0.39, 0.29) is 0 Å². The van der Waals surface area contributed by atoms with Crippen molar-refractivity contribution in [2.24, 2.45) is 11.8 Å². The third-order valence-electron chi connectivity index (χ3n) is 2.81. The van der Waals surface area contributed by atoms with E-state index in [4.69, 9.17) is 0 Å². The second-order valence-electron chi connectivity index (χ2n) is 4.67. The molecule has 1 heterocycles. The van der Waals surface area contributed by atoms with Gasteiger partial charge in [-0.05, 0) is 25.7 Å². The molecule has 0 saturated heterocycles. The first kappa shape index (κ1) is 12.4. The first-order valence-corrected chi connectivity index (χ1v) is 6.08. The fourth-order valence-corrected chi connectivity index (χ4v) is 2.23. The molecule has 0 aromatic heterocycles. The van der Waals surface area contributed by atoms with E-state index in [1.54, 1.807) is 0 Å². The van der Waals surface area contributed by atoms with Crippen molar-refractivity contribution in [2.75, 3.05) is 13.1 Å². The van der Waals surface area contributed by atoms with Gasteiger partial charge in [0.2, 0.25) is 6.67 Å². The summed E-state index contributed by atoms with van der Waals surface area (Å²) in [5.41, 5.74) is 2.91. The average molecular weight is 208 g/mol. The molecular formula is C13H24N2. The van der Waals surface area contributed by atoms with Crippen LogP contribution in [-0.4, -0.2) is 22.9 Å². The van der Waals surface area contributed by atoms with Gasteiger partial charge in [0, 0.05) is 24.5 Å². The van der Waals surface area contributed by atoms with Crippen LogP contribution in [0, 0.1) is 18.5 Å². The molecule has 1 rings (SSSR count). The fourth-order valence-electron chi connectivity index (χ4n) is 2.23. The Labute approximate surface area is 94.9 Å². The van der Waals surface area contributed by atoms with Crippen LogP contribution in [0.2, 0.25) is 0 Å². The van der Waals surface area contributed by atoms with Gasteiger partial charge in [0.05, 0.1) is 0 Å². The highest BCUT2D eigenvalue weighted by molar-refractivity contribution is 5.24. The molecule has 0 fully saturated rings. The van der Waals surface area contributed by atoms with E-state index in [0.29, 0.717) is 11.8 Å². The minimum atomic E-state index is 0.575. The first-order chi connectivity index (χ1) is 7.02. The minimum Gasteiger partial charge on any atom is -0.343 e. The molecule has 0 spiro atoms. The van der Waals surface area contributed by atoms with Gasteiger partial charge in [-0.2, -0.15) is 0 Å². The maximum absolute atomic E-state index is 3.45. The van der Waals surface area contributed by atoms with Gasteiger partial charge in [-0.15, -0.1) is 0 Å². The van der Waals surface area contributed by atoms with Crippen LogP contribution in [0.1, 0.15) is 41.5 Å². The highest BCUT2D eigenvalue weighted by atomic mass is 15.4. The van der Waals surface area contributed by atoms with Gasteiger partial charge in [0.15, 0.2) is 0 Å². The lowest BCUT2D eigenvalue weighted by Crippen LogP contribution is -2.23. The third-order valence-corrected chi connectivity index (χ3v) is 2.81. The van der Waals surface area contributed by atoms with Gasteiger partial charge < -0.3 is 9.80 Å². The highest BCUT2D eigenvalue weighted by Crippen LogP contribution is 2.35. The molecule has 0 aliphatic carbocycles. The second kappa shape index (κ2) is 4.91. The molecule has 2 radical (unpaired) electrons. The van der Waals surface area contributed by atoms with Crippen LogP contribution in [0.5, 0.6) is 0 Å². The molecule has 1 aliphatic heterocycles. The van der Waals surface area contributed by atoms with Gasteiger partial charge in [0.25, 0.3) is 0 Å². The maximum Gasteiger partial charge on any atom is 0.208 e. The van der Waals surface area contributed by atoms with Crippen molar-refractivity contribution in [1.82, 2.24) is 9.80 Å². The molecule has 0 N–H and O–H groups in total. The molecular weight excluding hydrogens is 184 g/mol. The van der Waals surface area contributed by atoms with Crippen LogP contribution < -0.4 is 0 Å². The van der Waals surface area contributed by atoms with E-state index in [1.165, 1.54) is 11.4 Å². The fraction of sp³-hybridized carbons (Fsp3) is 0.769. The zero-order chi connectivity index (χ0) is 11.6. The third kappa shape index (κ3) is 2.30. The quantitative estimate of drug-likeness (QED) is 0.700. The SMILES string of the molecule is CCN1[C]N(CC)C(C(C)C)=C1C(C)C. The van der Waals surface area contributed by atoms with E-state index < -0.39 is 0 Å². The lowest BCUT2D eigenvalue weighted by Gasteiger charge is -2.21. The standard InChI is InChI=1S/C13H24N2/c1-7-14-9-15(8-2)13(11(5)6)12(14)10(3)4/h10-11H,7-8H2,1-6H3. The molecule has 2 heteroatoms. The zero-order valence-corrected chi connectivity index (χ0v) is 11.0. The summed E-state index contributed by atoms with van der Waals surface area (Å²) in [5, 5.41) is 0. The van der Waals surface area contributed by atoms with Gasteiger partial charge >= 0.3 is 0 Å². The van der Waals surface area contributed by atoms with E-state index in [1.807, 2.05) is 0 Å². The summed E-state index contributed by atoms with van der Waals surface area (Å²) < 4.78 is 0. The molecule has 0 aromatic carbocycles. The van der Waals surface area contributed by atoms with Crippen molar-refractivity contribution in [3.8, 4) is 0 Å². The smallest absolute Gasteiger partial charge is 0.208 e. The number of rotatable bonds is 4. The first-order valence-electron chi connectivity index (χ1n) is 6.08. The Morgan fingerprint density at radius 3 is 1.40 bits per heavy atom. The van der Waals surface area contributed by atoms with Crippen molar-refractivity contribution >= 4 is 0 Å². The summed E-state index contributed by atoms with van der Waals surface area (Å²) in [6, 6.07) is 0. The largest absolute Gasteiger partial charge is 0.343 e. The van der Waals surface area contributed by atoms with Crippen LogP contribution in [0.4, 0.5) is 0 Å². The van der Waals surface area contributed by atoms with E-state index >= 15 is 0 Å². The molecule has 0 amide bonds. The van der Waals surface area contributed by atoms with Crippen LogP contribution in [0.25, 0.3) is 0 Å². The Hall–Kier alpha value is -0.660. The Kier molecular flexibility index (Phi) is 4.06. The van der Waals surface area contributed by atoms with E-state index in [2.05, 4.69) is 58.0 Å². The van der Waals surface area contributed by atoms with Crippen molar-refractivity contribution in [3.05, 3.63) is 18.1 Å². The lowest BCUT2D eigenvalue weighted by molar-refractivity contribution is 0.322. The molecule has 86 valence electrons. The minimum absolute atomic E-state index is 0.575. The van der Waals surface area contributed by atoms with Crippen LogP contribution in [0.15, 0.2) is 11.4 Å². The van der Waals surface area contributed by atoms with Crippen molar-refractivity contribution in [3.63, 3.8) is 0 Å². The molecule has 0 atom stereocenters. The Balaban J connectivity index is 3.07. The monoisotopic (exact) mass is 208 g/mol. The Morgan fingerprint density at radius 1 is 0.867 bits per heavy atom. The maximum atomic E-state index is 3.45. The van der Waals surface area contributed by atoms with Gasteiger partial charge in [-0.1, -0.05) is 27.7 Å². The normalized spacial score (nSPS) is 17.6. The number of nitrogens with zero attached hydrogens (tertiary/aromatic N) is 2. The summed E-state index contributed by atoms with van der Waals surface area (Å²) in [5.74, 6) is 1.15. The molecule has 0 saturated carbocycles. The van der Waals surface area contributed by atoms with Crippen molar-refractivity contribution in [2.45, 2.75) is 41.5 Å². The topological polar surface area (TPSA) is 6.48 Å². The second-order valence-corrected chi connectivity index (χ2v) is 4.67. The predicted molar refractivity (Wildman–Crippen MR) is 64.7 cm³/mol. The van der Waals surface area contributed by atoms with Gasteiger partial charge in [-0.25, -0.2) is 0 Å². The molecule has 0 aromatic rings. The van der Waals surface area contributed by atoms with Gasteiger partial charge in [-0.3, -0.25) is 0 Å². The zero-order valence-electron chi connectivity index (χ0n) is 11.0. The molecule has 0 bridgehead atoms. The van der Waals surface area contributed by atoms with Crippen LogP contribution in [-0.2, 0) is 0 Å². The van der Waals surface area contributed by atoms with Crippen molar-refractivity contribution in [1.29, 1.82) is 0 Å². The summed E-state index contributed by atoms with van der Waals surface area (Å²) in [6.45, 7) is 18.9. The average Bonchev–Trinajstić information content (AvgIpc) is 2.55. The molecule has 1 aliphatic rings. The van der Waals surface area contributed by atoms with E-state index in [9.17, 15) is 0 Å². The Bertz CT molecular complexity index is 217. The van der Waals surface area contributed by atoms with Crippen LogP contribution >= 0.6 is 0 Å². The number of allylic oxidation sites excluding steroid dienone is 2. The summed E-state index contributed by atoms with van der Waals surface area (Å²) in [4.78, 5) is 4.53. The van der Waals surface area contributed by atoms with Crippen molar-refractivity contribution < 1.29 is 0 Å². The highest BCUT2D eigenvalue weighted by Gasteiger charge is 2.31. The number of hydrogen-bond acceptors (Lipinski definition) is 2. The molecule has 0 unspecified atom stereocenters. The molecule has 15 heavy (non-hydrogen) atoms. The number of hydrogen-bond donors (Lipinski definition) is 0. The Morgan fingerprint density at radius 2 is 1.20 bits per heavy atom. The van der Waals surface area contributed by atoms with E-state index in [0.717, 1.165) is 13.1 Å². The summed E-state index contributed by atoms with van der Waals surface area (Å²) in [7, 11) is 0. The summed E-state index contributed by atoms with van der Waals surface area (Å²) in [6.07, 6.45) is 0. The summed E-state index contributed by atoms with van der Waals surface area (Å²) >= 11 is 0. The molecule has 2 nitrogen and oxygen atoms in total. The lowest BCUT2D eigenvalue weighted by atomic mass is 10.0.